The van der Waals surface area contributed by atoms with Gasteiger partial charge in [0.15, 0.2) is 0 Å². The van der Waals surface area contributed by atoms with Crippen molar-refractivity contribution in [1.82, 2.24) is 9.78 Å². The Bertz CT molecular complexity index is 1280. The van der Waals surface area contributed by atoms with Crippen LogP contribution in [0.1, 0.15) is 0 Å². The molecule has 1 heterocycles. The molecule has 4 rings (SSSR count). The van der Waals surface area contributed by atoms with Crippen molar-refractivity contribution in [2.45, 2.75) is 0 Å². The third kappa shape index (κ3) is 3.43. The zero-order chi connectivity index (χ0) is 21.3. The van der Waals surface area contributed by atoms with E-state index in [1.165, 1.54) is 19.3 Å². The number of nitrogens with one attached hydrogen (secondary N) is 1. The number of aromatic nitrogens is 2. The standard InChI is InChI=1S/C24H20FN3O2/c1-4-22(29)26-17-8-5-7-16(13-17)24-18-12-11-15(14-20(18)27-28(24)2)23-19(25)9-6-10-21(23)30-3/h4-14H,1H2,2-3H3,(H,26,29). The number of carbonyl (C=O) groups is 1. The zero-order valence-corrected chi connectivity index (χ0v) is 16.6. The topological polar surface area (TPSA) is 56.1 Å². The summed E-state index contributed by atoms with van der Waals surface area (Å²) in [5.41, 5.74) is 4.29. The molecule has 0 aliphatic rings. The molecule has 150 valence electrons. The van der Waals surface area contributed by atoms with Crippen molar-refractivity contribution < 1.29 is 13.9 Å². The number of hydrogen-bond acceptors (Lipinski definition) is 3. The summed E-state index contributed by atoms with van der Waals surface area (Å²) in [7, 11) is 3.38. The minimum Gasteiger partial charge on any atom is -0.496 e. The Hall–Kier alpha value is -3.93. The third-order valence-electron chi connectivity index (χ3n) is 4.91. The number of methoxy groups -OCH3 is 1. The molecule has 1 amide bonds. The van der Waals surface area contributed by atoms with E-state index in [1.54, 1.807) is 16.8 Å². The first-order chi connectivity index (χ1) is 14.5. The Morgan fingerprint density at radius 1 is 1.13 bits per heavy atom. The number of nitrogens with zero attached hydrogens (tertiary/aromatic N) is 2. The molecule has 0 fully saturated rings. The van der Waals surface area contributed by atoms with Gasteiger partial charge in [-0.2, -0.15) is 5.10 Å². The first-order valence-corrected chi connectivity index (χ1v) is 9.35. The van der Waals surface area contributed by atoms with Crippen molar-refractivity contribution >= 4 is 22.5 Å². The number of anilines is 1. The molecular weight excluding hydrogens is 381 g/mol. The molecule has 5 nitrogen and oxygen atoms in total. The van der Waals surface area contributed by atoms with Crippen LogP contribution in [0, 0.1) is 5.82 Å². The van der Waals surface area contributed by atoms with Crippen molar-refractivity contribution in [2.24, 2.45) is 7.05 Å². The largest absolute Gasteiger partial charge is 0.496 e. The highest BCUT2D eigenvalue weighted by atomic mass is 19.1. The van der Waals surface area contributed by atoms with Gasteiger partial charge in [0, 0.05) is 23.7 Å². The number of benzene rings is 3. The van der Waals surface area contributed by atoms with Crippen LogP contribution in [0.25, 0.3) is 33.3 Å². The van der Waals surface area contributed by atoms with Gasteiger partial charge < -0.3 is 10.1 Å². The average molecular weight is 401 g/mol. The van der Waals surface area contributed by atoms with Crippen molar-refractivity contribution in [1.29, 1.82) is 0 Å². The normalized spacial score (nSPS) is 10.8. The fourth-order valence-corrected chi connectivity index (χ4v) is 3.59. The van der Waals surface area contributed by atoms with Crippen LogP contribution in [-0.4, -0.2) is 22.8 Å². The quantitative estimate of drug-likeness (QED) is 0.469. The van der Waals surface area contributed by atoms with Gasteiger partial charge in [0.2, 0.25) is 5.91 Å². The number of aryl methyl sites for hydroxylation is 1. The van der Waals surface area contributed by atoms with Crippen molar-refractivity contribution in [3.05, 3.63) is 79.1 Å². The molecule has 0 unspecified atom stereocenters. The predicted octanol–water partition coefficient (Wildman–Crippen LogP) is 5.18. The second-order valence-corrected chi connectivity index (χ2v) is 6.80. The molecule has 0 bridgehead atoms. The summed E-state index contributed by atoms with van der Waals surface area (Å²) in [5, 5.41) is 8.31. The Morgan fingerprint density at radius 2 is 1.93 bits per heavy atom. The van der Waals surface area contributed by atoms with E-state index in [0.29, 0.717) is 22.6 Å². The highest BCUT2D eigenvalue weighted by Gasteiger charge is 2.16. The maximum absolute atomic E-state index is 14.5. The lowest BCUT2D eigenvalue weighted by molar-refractivity contribution is -0.111. The molecule has 6 heteroatoms. The molecule has 4 aromatic rings. The predicted molar refractivity (Wildman–Crippen MR) is 117 cm³/mol. The van der Waals surface area contributed by atoms with E-state index in [0.717, 1.165) is 22.2 Å². The Labute approximate surface area is 173 Å². The minimum absolute atomic E-state index is 0.273. The number of amides is 1. The molecule has 0 spiro atoms. The van der Waals surface area contributed by atoms with Gasteiger partial charge in [0.1, 0.15) is 11.6 Å². The van der Waals surface area contributed by atoms with Gasteiger partial charge in [-0.25, -0.2) is 4.39 Å². The highest BCUT2D eigenvalue weighted by molar-refractivity contribution is 6.00. The molecule has 0 saturated carbocycles. The van der Waals surface area contributed by atoms with E-state index in [9.17, 15) is 9.18 Å². The number of carbonyl (C=O) groups excluding carboxylic acids is 1. The second-order valence-electron chi connectivity index (χ2n) is 6.80. The van der Waals surface area contributed by atoms with Crippen LogP contribution < -0.4 is 10.1 Å². The van der Waals surface area contributed by atoms with Crippen molar-refractivity contribution in [3.8, 4) is 28.1 Å². The highest BCUT2D eigenvalue weighted by Crippen LogP contribution is 2.36. The Kier molecular flexibility index (Phi) is 5.06. The summed E-state index contributed by atoms with van der Waals surface area (Å²) >= 11 is 0. The van der Waals surface area contributed by atoms with Crippen LogP contribution in [0.5, 0.6) is 5.75 Å². The summed E-state index contributed by atoms with van der Waals surface area (Å²) in [6, 6.07) is 17.9. The van der Waals surface area contributed by atoms with E-state index in [1.807, 2.05) is 49.5 Å². The number of fused-ring (bicyclic) bond motifs is 1. The molecule has 0 aliphatic carbocycles. The van der Waals surface area contributed by atoms with Gasteiger partial charge in [0.05, 0.1) is 23.9 Å². The summed E-state index contributed by atoms with van der Waals surface area (Å²) in [5.74, 6) is -0.155. The molecule has 0 radical (unpaired) electrons. The van der Waals surface area contributed by atoms with E-state index in [-0.39, 0.29) is 11.7 Å². The van der Waals surface area contributed by atoms with Crippen LogP contribution in [0.3, 0.4) is 0 Å². The lowest BCUT2D eigenvalue weighted by Gasteiger charge is -2.10. The van der Waals surface area contributed by atoms with Gasteiger partial charge in [-0.15, -0.1) is 0 Å². The maximum Gasteiger partial charge on any atom is 0.247 e. The van der Waals surface area contributed by atoms with E-state index < -0.39 is 0 Å². The third-order valence-corrected chi connectivity index (χ3v) is 4.91. The summed E-state index contributed by atoms with van der Waals surface area (Å²) in [4.78, 5) is 11.6. The monoisotopic (exact) mass is 401 g/mol. The van der Waals surface area contributed by atoms with Crippen LogP contribution in [0.4, 0.5) is 10.1 Å². The molecular formula is C24H20FN3O2. The summed E-state index contributed by atoms with van der Waals surface area (Å²) in [6.07, 6.45) is 1.23. The van der Waals surface area contributed by atoms with E-state index >= 15 is 0 Å². The van der Waals surface area contributed by atoms with Gasteiger partial charge in [-0.1, -0.05) is 30.8 Å². The molecule has 0 atom stereocenters. The fraction of sp³-hybridized carbons (Fsp3) is 0.0833. The number of halogens is 1. The smallest absolute Gasteiger partial charge is 0.247 e. The number of hydrogen-bond donors (Lipinski definition) is 1. The summed E-state index contributed by atoms with van der Waals surface area (Å²) < 4.78 is 21.6. The second kappa shape index (κ2) is 7.83. The van der Waals surface area contributed by atoms with E-state index in [2.05, 4.69) is 17.0 Å². The molecule has 1 aromatic heterocycles. The van der Waals surface area contributed by atoms with Gasteiger partial charge in [-0.3, -0.25) is 9.48 Å². The minimum atomic E-state index is -0.351. The first-order valence-electron chi connectivity index (χ1n) is 9.35. The molecule has 0 aliphatic heterocycles. The molecule has 3 aromatic carbocycles. The Balaban J connectivity index is 1.82. The SMILES string of the molecule is C=CC(=O)Nc1cccc(-c2c3ccc(-c4c(F)cccc4OC)cc3nn2C)c1. The van der Waals surface area contributed by atoms with Crippen LogP contribution >= 0.6 is 0 Å². The van der Waals surface area contributed by atoms with E-state index in [4.69, 9.17) is 4.74 Å². The summed E-state index contributed by atoms with van der Waals surface area (Å²) in [6.45, 7) is 3.47. The number of ether oxygens (including phenoxy) is 1. The van der Waals surface area contributed by atoms with Crippen LogP contribution in [0.2, 0.25) is 0 Å². The first kappa shape index (κ1) is 19.4. The van der Waals surface area contributed by atoms with Gasteiger partial charge >= 0.3 is 0 Å². The molecule has 1 N–H and O–H groups in total. The van der Waals surface area contributed by atoms with Gasteiger partial charge in [-0.05, 0) is 48.0 Å². The van der Waals surface area contributed by atoms with Crippen LogP contribution in [-0.2, 0) is 11.8 Å². The Morgan fingerprint density at radius 3 is 2.70 bits per heavy atom. The lowest BCUT2D eigenvalue weighted by atomic mass is 10.0. The van der Waals surface area contributed by atoms with Crippen LogP contribution in [0.15, 0.2) is 73.3 Å². The maximum atomic E-state index is 14.5. The fourth-order valence-electron chi connectivity index (χ4n) is 3.59. The van der Waals surface area contributed by atoms with Gasteiger partial charge in [0.25, 0.3) is 0 Å². The van der Waals surface area contributed by atoms with Crippen molar-refractivity contribution in [3.63, 3.8) is 0 Å². The number of rotatable bonds is 5. The molecule has 30 heavy (non-hydrogen) atoms. The lowest BCUT2D eigenvalue weighted by Crippen LogP contribution is -2.07. The molecule has 0 saturated heterocycles. The zero-order valence-electron chi connectivity index (χ0n) is 16.6. The average Bonchev–Trinajstić information content (AvgIpc) is 3.08. The van der Waals surface area contributed by atoms with Crippen molar-refractivity contribution in [2.75, 3.05) is 12.4 Å².